The van der Waals surface area contributed by atoms with E-state index in [9.17, 15) is 0 Å². The van der Waals surface area contributed by atoms with Gasteiger partial charge in [0.1, 0.15) is 18.1 Å². The maximum absolute atomic E-state index is 5.65. The molecular weight excluding hydrogens is 226 g/mol. The van der Waals surface area contributed by atoms with Crippen molar-refractivity contribution in [1.82, 2.24) is 0 Å². The maximum Gasteiger partial charge on any atom is 0.123 e. The fourth-order valence-corrected chi connectivity index (χ4v) is 1.39. The van der Waals surface area contributed by atoms with Gasteiger partial charge in [0.05, 0.1) is 7.11 Å². The number of rotatable bonds is 6. The third-order valence-corrected chi connectivity index (χ3v) is 2.17. The quantitative estimate of drug-likeness (QED) is 0.832. The fourth-order valence-electron chi connectivity index (χ4n) is 1.33. The van der Waals surface area contributed by atoms with Gasteiger partial charge >= 0.3 is 0 Å². The number of hydrogen-bond acceptors (Lipinski definition) is 3. The van der Waals surface area contributed by atoms with Crippen LogP contribution < -0.4 is 15.2 Å². The van der Waals surface area contributed by atoms with Crippen LogP contribution in [0.25, 0.3) is 0 Å². The van der Waals surface area contributed by atoms with Crippen LogP contribution in [0, 0.1) is 0 Å². The Labute approximate surface area is 101 Å². The third kappa shape index (κ3) is 3.76. The summed E-state index contributed by atoms with van der Waals surface area (Å²) in [5.41, 5.74) is 6.55. The summed E-state index contributed by atoms with van der Waals surface area (Å²) < 4.78 is 10.6. The monoisotopic (exact) mass is 241 g/mol. The smallest absolute Gasteiger partial charge is 0.123 e. The molecule has 1 aromatic rings. The van der Waals surface area contributed by atoms with Crippen molar-refractivity contribution in [3.63, 3.8) is 0 Å². The molecule has 0 fully saturated rings. The van der Waals surface area contributed by atoms with E-state index in [1.165, 1.54) is 0 Å². The Balaban J connectivity index is 2.84. The molecule has 0 unspecified atom stereocenters. The van der Waals surface area contributed by atoms with Gasteiger partial charge in [-0.2, -0.15) is 0 Å². The van der Waals surface area contributed by atoms with Gasteiger partial charge in [0, 0.05) is 5.03 Å². The molecular formula is C12H16ClNO2. The van der Waals surface area contributed by atoms with E-state index in [0.29, 0.717) is 18.2 Å². The predicted octanol–water partition coefficient (Wildman–Crippen LogP) is 2.33. The zero-order chi connectivity index (χ0) is 12.0. The molecule has 0 aliphatic rings. The molecule has 0 heterocycles. The van der Waals surface area contributed by atoms with Crippen LogP contribution in [0.4, 0.5) is 0 Å². The van der Waals surface area contributed by atoms with Crippen LogP contribution in [-0.2, 0) is 6.42 Å². The molecule has 1 aromatic carbocycles. The second-order valence-corrected chi connectivity index (χ2v) is 3.85. The molecule has 16 heavy (non-hydrogen) atoms. The second kappa shape index (κ2) is 6.40. The zero-order valence-electron chi connectivity index (χ0n) is 9.33. The molecule has 3 nitrogen and oxygen atoms in total. The van der Waals surface area contributed by atoms with Gasteiger partial charge in [-0.05, 0) is 36.7 Å². The first-order valence-electron chi connectivity index (χ1n) is 5.00. The Morgan fingerprint density at radius 3 is 2.81 bits per heavy atom. The van der Waals surface area contributed by atoms with E-state index in [2.05, 4.69) is 6.58 Å². The maximum atomic E-state index is 5.65. The molecule has 0 saturated heterocycles. The highest BCUT2D eigenvalue weighted by atomic mass is 35.5. The number of hydrogen-bond donors (Lipinski definition) is 1. The summed E-state index contributed by atoms with van der Waals surface area (Å²) in [7, 11) is 1.63. The van der Waals surface area contributed by atoms with Crippen molar-refractivity contribution in [2.45, 2.75) is 6.42 Å². The standard InChI is InChI=1S/C12H16ClNO2/c1-9(13)8-16-12-4-3-11(15-2)7-10(12)5-6-14/h3-4,7H,1,5-6,8,14H2,2H3. The highest BCUT2D eigenvalue weighted by molar-refractivity contribution is 6.29. The lowest BCUT2D eigenvalue weighted by Gasteiger charge is -2.11. The van der Waals surface area contributed by atoms with Crippen LogP contribution in [0.1, 0.15) is 5.56 Å². The molecule has 4 heteroatoms. The van der Waals surface area contributed by atoms with Gasteiger partial charge in [0.2, 0.25) is 0 Å². The van der Waals surface area contributed by atoms with Crippen molar-refractivity contribution in [3.05, 3.63) is 35.4 Å². The van der Waals surface area contributed by atoms with Crippen LogP contribution in [0.2, 0.25) is 0 Å². The average molecular weight is 242 g/mol. The van der Waals surface area contributed by atoms with E-state index in [1.54, 1.807) is 7.11 Å². The largest absolute Gasteiger partial charge is 0.497 e. The highest BCUT2D eigenvalue weighted by Crippen LogP contribution is 2.25. The van der Waals surface area contributed by atoms with E-state index in [-0.39, 0.29) is 0 Å². The summed E-state index contributed by atoms with van der Waals surface area (Å²) in [6.45, 7) is 4.43. The first-order valence-corrected chi connectivity index (χ1v) is 5.38. The van der Waals surface area contributed by atoms with Crippen molar-refractivity contribution in [3.8, 4) is 11.5 Å². The lowest BCUT2D eigenvalue weighted by molar-refractivity contribution is 0.353. The van der Waals surface area contributed by atoms with Gasteiger partial charge in [0.25, 0.3) is 0 Å². The van der Waals surface area contributed by atoms with Crippen molar-refractivity contribution in [2.75, 3.05) is 20.3 Å². The predicted molar refractivity (Wildman–Crippen MR) is 66.2 cm³/mol. The molecule has 0 atom stereocenters. The fraction of sp³-hybridized carbons (Fsp3) is 0.333. The number of nitrogens with two attached hydrogens (primary N) is 1. The van der Waals surface area contributed by atoms with Gasteiger partial charge in [-0.1, -0.05) is 18.2 Å². The van der Waals surface area contributed by atoms with Crippen LogP contribution in [0.3, 0.4) is 0 Å². The van der Waals surface area contributed by atoms with E-state index in [4.69, 9.17) is 26.8 Å². The SMILES string of the molecule is C=C(Cl)COc1ccc(OC)cc1CCN. The molecule has 0 amide bonds. The van der Waals surface area contributed by atoms with Crippen LogP contribution in [0.5, 0.6) is 11.5 Å². The summed E-state index contributed by atoms with van der Waals surface area (Å²) in [4.78, 5) is 0. The first kappa shape index (κ1) is 12.9. The first-order chi connectivity index (χ1) is 7.67. The molecule has 0 radical (unpaired) electrons. The minimum absolute atomic E-state index is 0.297. The molecule has 88 valence electrons. The lowest BCUT2D eigenvalue weighted by atomic mass is 10.1. The topological polar surface area (TPSA) is 44.5 Å². The van der Waals surface area contributed by atoms with Gasteiger partial charge in [-0.25, -0.2) is 0 Å². The number of ether oxygens (including phenoxy) is 2. The minimum atomic E-state index is 0.297. The summed E-state index contributed by atoms with van der Waals surface area (Å²) >= 11 is 5.65. The summed E-state index contributed by atoms with van der Waals surface area (Å²) in [5.74, 6) is 1.56. The summed E-state index contributed by atoms with van der Waals surface area (Å²) in [6.07, 6.45) is 0.737. The normalized spacial score (nSPS) is 9.94. The third-order valence-electron chi connectivity index (χ3n) is 2.07. The molecule has 0 aromatic heterocycles. The van der Waals surface area contributed by atoms with Crippen LogP contribution in [0.15, 0.2) is 29.8 Å². The average Bonchev–Trinajstić information content (AvgIpc) is 2.27. The van der Waals surface area contributed by atoms with E-state index >= 15 is 0 Å². The Morgan fingerprint density at radius 2 is 2.25 bits per heavy atom. The molecule has 0 bridgehead atoms. The Hall–Kier alpha value is -1.19. The second-order valence-electron chi connectivity index (χ2n) is 3.32. The van der Waals surface area contributed by atoms with Crippen LogP contribution >= 0.6 is 11.6 Å². The minimum Gasteiger partial charge on any atom is -0.497 e. The van der Waals surface area contributed by atoms with Crippen LogP contribution in [-0.4, -0.2) is 20.3 Å². The van der Waals surface area contributed by atoms with Crippen molar-refractivity contribution >= 4 is 11.6 Å². The number of benzene rings is 1. The zero-order valence-corrected chi connectivity index (χ0v) is 10.1. The van der Waals surface area contributed by atoms with Crippen molar-refractivity contribution in [2.24, 2.45) is 5.73 Å². The molecule has 0 aliphatic carbocycles. The molecule has 0 saturated carbocycles. The van der Waals surface area contributed by atoms with Gasteiger partial charge < -0.3 is 15.2 Å². The lowest BCUT2D eigenvalue weighted by Crippen LogP contribution is -2.06. The van der Waals surface area contributed by atoms with Gasteiger partial charge in [-0.15, -0.1) is 0 Å². The highest BCUT2D eigenvalue weighted by Gasteiger charge is 2.05. The molecule has 0 aliphatic heterocycles. The number of methoxy groups -OCH3 is 1. The molecule has 1 rings (SSSR count). The van der Waals surface area contributed by atoms with E-state index in [0.717, 1.165) is 23.5 Å². The Bertz CT molecular complexity index is 366. The molecule has 2 N–H and O–H groups in total. The van der Waals surface area contributed by atoms with E-state index < -0.39 is 0 Å². The molecule has 0 spiro atoms. The summed E-state index contributed by atoms with van der Waals surface area (Å²) in [5, 5.41) is 0.467. The number of halogens is 1. The van der Waals surface area contributed by atoms with Gasteiger partial charge in [0.15, 0.2) is 0 Å². The van der Waals surface area contributed by atoms with E-state index in [1.807, 2.05) is 18.2 Å². The Kier molecular flexibility index (Phi) is 5.15. The van der Waals surface area contributed by atoms with Gasteiger partial charge in [-0.3, -0.25) is 0 Å². The van der Waals surface area contributed by atoms with Crippen molar-refractivity contribution < 1.29 is 9.47 Å². The van der Waals surface area contributed by atoms with Crippen molar-refractivity contribution in [1.29, 1.82) is 0 Å². The Morgan fingerprint density at radius 1 is 1.50 bits per heavy atom. The summed E-state index contributed by atoms with van der Waals surface area (Å²) in [6, 6.07) is 5.61.